The van der Waals surface area contributed by atoms with Crippen molar-refractivity contribution >= 4 is 23.2 Å². The molecule has 2 N–H and O–H groups in total. The summed E-state index contributed by atoms with van der Waals surface area (Å²) < 4.78 is 0. The van der Waals surface area contributed by atoms with Crippen LogP contribution >= 0.6 is 0 Å². The van der Waals surface area contributed by atoms with E-state index in [-0.39, 0.29) is 5.91 Å². The zero-order chi connectivity index (χ0) is 19.9. The molecule has 0 bridgehead atoms. The first-order valence-corrected chi connectivity index (χ1v) is 9.89. The van der Waals surface area contributed by atoms with Crippen LogP contribution in [0.4, 0.5) is 17.3 Å². The van der Waals surface area contributed by atoms with Crippen LogP contribution in [0.2, 0.25) is 0 Å². The minimum Gasteiger partial charge on any atom is -0.372 e. The van der Waals surface area contributed by atoms with Gasteiger partial charge in [-0.3, -0.25) is 4.79 Å². The maximum atomic E-state index is 12.5. The van der Waals surface area contributed by atoms with Gasteiger partial charge >= 0.3 is 0 Å². The number of hydrogen-bond acceptors (Lipinski definition) is 6. The van der Waals surface area contributed by atoms with E-state index < -0.39 is 0 Å². The molecule has 0 spiro atoms. The second kappa shape index (κ2) is 9.50. The van der Waals surface area contributed by atoms with E-state index in [2.05, 4.69) is 49.5 Å². The molecule has 1 amide bonds. The molecule has 2 heterocycles. The van der Waals surface area contributed by atoms with Crippen molar-refractivity contribution in [3.8, 4) is 0 Å². The zero-order valence-corrected chi connectivity index (χ0v) is 17.0. The smallest absolute Gasteiger partial charge is 0.274 e. The van der Waals surface area contributed by atoms with Gasteiger partial charge in [-0.2, -0.15) is 0 Å². The highest BCUT2D eigenvalue weighted by Gasteiger charge is 2.16. The van der Waals surface area contributed by atoms with Gasteiger partial charge in [0.2, 0.25) is 5.95 Å². The van der Waals surface area contributed by atoms with Gasteiger partial charge < -0.3 is 20.4 Å². The minimum atomic E-state index is -0.238. The van der Waals surface area contributed by atoms with Gasteiger partial charge in [0.25, 0.3) is 5.91 Å². The molecule has 0 saturated carbocycles. The minimum absolute atomic E-state index is 0.238. The lowest BCUT2D eigenvalue weighted by Crippen LogP contribution is -2.32. The molecule has 0 aliphatic carbocycles. The van der Waals surface area contributed by atoms with Crippen LogP contribution < -0.4 is 15.5 Å². The Morgan fingerprint density at radius 1 is 1.18 bits per heavy atom. The number of anilines is 3. The van der Waals surface area contributed by atoms with Gasteiger partial charge in [0.1, 0.15) is 5.69 Å². The van der Waals surface area contributed by atoms with E-state index in [1.807, 2.05) is 26.2 Å². The SMILES string of the molecule is CC1CCN(c2ccc(NC(=O)c3ccnc(NCCN(C)C)n3)cc2)CC1. The number of piperidine rings is 1. The molecule has 0 atom stereocenters. The molecule has 28 heavy (non-hydrogen) atoms. The van der Waals surface area contributed by atoms with E-state index in [4.69, 9.17) is 0 Å². The summed E-state index contributed by atoms with van der Waals surface area (Å²) >= 11 is 0. The fraction of sp³-hybridized carbons (Fsp3) is 0.476. The van der Waals surface area contributed by atoms with Gasteiger partial charge in [-0.25, -0.2) is 9.97 Å². The predicted octanol–water partition coefficient (Wildman–Crippen LogP) is 2.94. The average Bonchev–Trinajstić information content (AvgIpc) is 2.69. The highest BCUT2D eigenvalue weighted by molar-refractivity contribution is 6.03. The number of nitrogens with one attached hydrogen (secondary N) is 2. The van der Waals surface area contributed by atoms with Gasteiger partial charge in [-0.05, 0) is 63.2 Å². The predicted molar refractivity (Wildman–Crippen MR) is 114 cm³/mol. The molecule has 1 saturated heterocycles. The summed E-state index contributed by atoms with van der Waals surface area (Å²) in [6.45, 7) is 6.08. The van der Waals surface area contributed by atoms with Crippen molar-refractivity contribution in [2.45, 2.75) is 19.8 Å². The molecule has 1 aliphatic heterocycles. The maximum absolute atomic E-state index is 12.5. The van der Waals surface area contributed by atoms with Crippen LogP contribution in [0, 0.1) is 5.92 Å². The van der Waals surface area contributed by atoms with E-state index in [9.17, 15) is 4.79 Å². The van der Waals surface area contributed by atoms with Crippen LogP contribution in [0.15, 0.2) is 36.5 Å². The summed E-state index contributed by atoms with van der Waals surface area (Å²) in [5.41, 5.74) is 2.32. The number of aromatic nitrogens is 2. The first kappa shape index (κ1) is 20.1. The molecule has 7 nitrogen and oxygen atoms in total. The summed E-state index contributed by atoms with van der Waals surface area (Å²) in [6.07, 6.45) is 4.06. The molecular weight excluding hydrogens is 352 g/mol. The Morgan fingerprint density at radius 3 is 2.57 bits per heavy atom. The van der Waals surface area contributed by atoms with Crippen LogP contribution in [-0.4, -0.2) is 61.0 Å². The maximum Gasteiger partial charge on any atom is 0.274 e. The van der Waals surface area contributed by atoms with E-state index in [1.54, 1.807) is 12.3 Å². The Morgan fingerprint density at radius 2 is 1.89 bits per heavy atom. The number of hydrogen-bond donors (Lipinski definition) is 2. The van der Waals surface area contributed by atoms with Gasteiger partial charge in [0.05, 0.1) is 0 Å². The van der Waals surface area contributed by atoms with Crippen LogP contribution in [0.5, 0.6) is 0 Å². The summed E-state index contributed by atoms with van der Waals surface area (Å²) in [5, 5.41) is 6.05. The van der Waals surface area contributed by atoms with E-state index in [1.165, 1.54) is 18.5 Å². The van der Waals surface area contributed by atoms with Crippen LogP contribution in [0.25, 0.3) is 0 Å². The van der Waals surface area contributed by atoms with Gasteiger partial charge in [-0.15, -0.1) is 0 Å². The third-order valence-electron chi connectivity index (χ3n) is 5.00. The van der Waals surface area contributed by atoms with Crippen molar-refractivity contribution in [1.29, 1.82) is 0 Å². The zero-order valence-electron chi connectivity index (χ0n) is 17.0. The van der Waals surface area contributed by atoms with E-state index >= 15 is 0 Å². The summed E-state index contributed by atoms with van der Waals surface area (Å²) in [6, 6.07) is 9.65. The van der Waals surface area contributed by atoms with Crippen LogP contribution in [0.1, 0.15) is 30.3 Å². The molecule has 0 radical (unpaired) electrons. The Hall–Kier alpha value is -2.67. The van der Waals surface area contributed by atoms with E-state index in [0.29, 0.717) is 11.6 Å². The molecule has 1 aliphatic rings. The highest BCUT2D eigenvalue weighted by atomic mass is 16.1. The molecule has 150 valence electrons. The third-order valence-corrected chi connectivity index (χ3v) is 5.00. The fourth-order valence-electron chi connectivity index (χ4n) is 3.18. The largest absolute Gasteiger partial charge is 0.372 e. The number of rotatable bonds is 7. The Labute approximate surface area is 167 Å². The molecule has 7 heteroatoms. The third kappa shape index (κ3) is 5.66. The Kier molecular flexibility index (Phi) is 6.81. The standard InChI is InChI=1S/C21H30N6O/c1-16-9-13-27(14-10-16)18-6-4-17(5-7-18)24-20(28)19-8-11-22-21(25-19)23-12-15-26(2)3/h4-8,11,16H,9-10,12-15H2,1-3H3,(H,24,28)(H,22,23,25). The molecule has 1 aromatic carbocycles. The van der Waals surface area contributed by atoms with Gasteiger partial charge in [0.15, 0.2) is 0 Å². The summed E-state index contributed by atoms with van der Waals surface area (Å²) in [4.78, 5) is 25.5. The van der Waals surface area contributed by atoms with Crippen molar-refractivity contribution < 1.29 is 4.79 Å². The lowest BCUT2D eigenvalue weighted by atomic mass is 9.99. The lowest BCUT2D eigenvalue weighted by Gasteiger charge is -2.32. The van der Waals surface area contributed by atoms with Gasteiger partial charge in [0, 0.05) is 43.8 Å². The molecular formula is C21H30N6O. The molecule has 1 fully saturated rings. The molecule has 1 aromatic heterocycles. The number of nitrogens with zero attached hydrogens (tertiary/aromatic N) is 4. The fourth-order valence-corrected chi connectivity index (χ4v) is 3.18. The Bertz CT molecular complexity index is 769. The number of benzene rings is 1. The molecule has 3 rings (SSSR count). The quantitative estimate of drug-likeness (QED) is 0.767. The van der Waals surface area contributed by atoms with Gasteiger partial charge in [-0.1, -0.05) is 6.92 Å². The van der Waals surface area contributed by atoms with Crippen LogP contribution in [0.3, 0.4) is 0 Å². The number of amides is 1. The van der Waals surface area contributed by atoms with Crippen LogP contribution in [-0.2, 0) is 0 Å². The second-order valence-electron chi connectivity index (χ2n) is 7.67. The Balaban J connectivity index is 1.57. The topological polar surface area (TPSA) is 73.4 Å². The van der Waals surface area contributed by atoms with E-state index in [0.717, 1.165) is 37.8 Å². The number of carbonyl (C=O) groups excluding carboxylic acids is 1. The summed E-state index contributed by atoms with van der Waals surface area (Å²) in [5.74, 6) is 1.03. The summed E-state index contributed by atoms with van der Waals surface area (Å²) in [7, 11) is 4.01. The van der Waals surface area contributed by atoms with Crippen molar-refractivity contribution in [1.82, 2.24) is 14.9 Å². The first-order chi connectivity index (χ1) is 13.5. The highest BCUT2D eigenvalue weighted by Crippen LogP contribution is 2.24. The monoisotopic (exact) mass is 382 g/mol. The van der Waals surface area contributed by atoms with Crippen molar-refractivity contribution in [2.24, 2.45) is 5.92 Å². The van der Waals surface area contributed by atoms with Crippen molar-refractivity contribution in [3.05, 3.63) is 42.2 Å². The van der Waals surface area contributed by atoms with Crippen molar-refractivity contribution in [2.75, 3.05) is 55.8 Å². The number of likely N-dealkylation sites (N-methyl/N-ethyl adjacent to an activating group) is 1. The van der Waals surface area contributed by atoms with Crippen molar-refractivity contribution in [3.63, 3.8) is 0 Å². The molecule has 0 unspecified atom stereocenters. The normalized spacial score (nSPS) is 14.9. The second-order valence-corrected chi connectivity index (χ2v) is 7.67. The molecule has 2 aromatic rings. The lowest BCUT2D eigenvalue weighted by molar-refractivity contribution is 0.102. The average molecular weight is 383 g/mol. The first-order valence-electron chi connectivity index (χ1n) is 9.89. The number of carbonyl (C=O) groups is 1.